The van der Waals surface area contributed by atoms with Crippen LogP contribution in [0.5, 0.6) is 5.75 Å². The first-order valence-corrected chi connectivity index (χ1v) is 13.7. The van der Waals surface area contributed by atoms with Crippen LogP contribution in [-0.2, 0) is 6.54 Å². The van der Waals surface area contributed by atoms with Crippen molar-refractivity contribution in [1.29, 1.82) is 0 Å². The lowest BCUT2D eigenvalue weighted by molar-refractivity contribution is 0.0341. The minimum absolute atomic E-state index is 0.0278. The molecule has 9 nitrogen and oxygen atoms in total. The van der Waals surface area contributed by atoms with Crippen LogP contribution in [0, 0.1) is 5.92 Å². The van der Waals surface area contributed by atoms with Crippen LogP contribution in [0.15, 0.2) is 42.7 Å². The predicted molar refractivity (Wildman–Crippen MR) is 147 cm³/mol. The van der Waals surface area contributed by atoms with Crippen LogP contribution in [0.4, 0.5) is 10.5 Å². The van der Waals surface area contributed by atoms with Gasteiger partial charge in [0.05, 0.1) is 18.2 Å². The number of ether oxygens (including phenoxy) is 1. The van der Waals surface area contributed by atoms with Crippen molar-refractivity contribution in [1.82, 2.24) is 20.1 Å². The summed E-state index contributed by atoms with van der Waals surface area (Å²) in [6, 6.07) is 8.79. The molecule has 2 aromatic rings. The van der Waals surface area contributed by atoms with Crippen molar-refractivity contribution in [2.75, 3.05) is 32.1 Å². The molecule has 1 aliphatic carbocycles. The number of rotatable bonds is 8. The summed E-state index contributed by atoms with van der Waals surface area (Å²) in [6.07, 6.45) is 8.85. The Bertz CT molecular complexity index is 1080. The number of hydrogen-bond acceptors (Lipinski definition) is 6. The van der Waals surface area contributed by atoms with Crippen LogP contribution in [0.3, 0.4) is 0 Å². The second-order valence-corrected chi connectivity index (χ2v) is 10.8. The van der Waals surface area contributed by atoms with Crippen molar-refractivity contribution in [2.45, 2.75) is 70.7 Å². The Morgan fingerprint density at radius 2 is 1.95 bits per heavy atom. The molecule has 0 unspecified atom stereocenters. The van der Waals surface area contributed by atoms with Gasteiger partial charge in [-0.1, -0.05) is 26.2 Å². The molecule has 9 heteroatoms. The van der Waals surface area contributed by atoms with E-state index in [0.29, 0.717) is 30.1 Å². The first kappa shape index (κ1) is 27.9. The number of nitrogens with one attached hydrogen (secondary N) is 2. The molecule has 1 fully saturated rings. The molecule has 2 aliphatic rings. The van der Waals surface area contributed by atoms with Crippen molar-refractivity contribution in [3.8, 4) is 5.75 Å². The van der Waals surface area contributed by atoms with E-state index in [1.165, 1.54) is 6.42 Å². The zero-order valence-electron chi connectivity index (χ0n) is 22.7. The summed E-state index contributed by atoms with van der Waals surface area (Å²) >= 11 is 0. The smallest absolute Gasteiger partial charge is 0.319 e. The van der Waals surface area contributed by atoms with Gasteiger partial charge in [0.1, 0.15) is 11.9 Å². The lowest BCUT2D eigenvalue weighted by Crippen LogP contribution is -2.49. The van der Waals surface area contributed by atoms with Crippen molar-refractivity contribution in [3.63, 3.8) is 0 Å². The molecule has 3 amide bonds. The van der Waals surface area contributed by atoms with Crippen molar-refractivity contribution >= 4 is 17.6 Å². The predicted octanol–water partition coefficient (Wildman–Crippen LogP) is 3.89. The lowest BCUT2D eigenvalue weighted by atomic mass is 9.96. The first-order valence-electron chi connectivity index (χ1n) is 13.7. The molecule has 1 aliphatic heterocycles. The number of fused-ring (bicyclic) bond motifs is 1. The number of pyridine rings is 1. The number of urea groups is 1. The van der Waals surface area contributed by atoms with E-state index >= 15 is 0 Å². The molecule has 0 radical (unpaired) electrons. The Morgan fingerprint density at radius 1 is 1.21 bits per heavy atom. The fourth-order valence-electron chi connectivity index (χ4n) is 5.29. The number of carbonyl (C=O) groups is 2. The maximum absolute atomic E-state index is 13.7. The number of benzene rings is 1. The average Bonchev–Trinajstić information content (AvgIpc) is 2.91. The van der Waals surface area contributed by atoms with Gasteiger partial charge in [0, 0.05) is 49.7 Å². The third-order valence-corrected chi connectivity index (χ3v) is 7.56. The second kappa shape index (κ2) is 13.1. The van der Waals surface area contributed by atoms with E-state index in [1.54, 1.807) is 35.5 Å². The topological polar surface area (TPSA) is 107 Å². The van der Waals surface area contributed by atoms with Gasteiger partial charge in [-0.25, -0.2) is 4.79 Å². The average molecular weight is 524 g/mol. The summed E-state index contributed by atoms with van der Waals surface area (Å²) in [6.45, 7) is 5.64. The quantitative estimate of drug-likeness (QED) is 0.485. The molecule has 1 saturated carbocycles. The van der Waals surface area contributed by atoms with E-state index in [0.717, 1.165) is 37.8 Å². The summed E-state index contributed by atoms with van der Waals surface area (Å²) in [5.74, 6) is 0.297. The highest BCUT2D eigenvalue weighted by Crippen LogP contribution is 2.31. The van der Waals surface area contributed by atoms with Crippen molar-refractivity contribution in [3.05, 3.63) is 53.9 Å². The number of likely N-dealkylation sites (N-methyl/N-ethyl adjacent to an activating group) is 1. The molecule has 0 bridgehead atoms. The fourth-order valence-corrected chi connectivity index (χ4v) is 5.29. The number of aromatic nitrogens is 1. The van der Waals surface area contributed by atoms with E-state index in [1.807, 2.05) is 26.1 Å². The summed E-state index contributed by atoms with van der Waals surface area (Å²) < 4.78 is 6.48. The largest absolute Gasteiger partial charge is 0.488 e. The van der Waals surface area contributed by atoms with Crippen LogP contribution in [0.2, 0.25) is 0 Å². The van der Waals surface area contributed by atoms with Crippen LogP contribution < -0.4 is 15.4 Å². The Labute approximate surface area is 225 Å². The highest BCUT2D eigenvalue weighted by Gasteiger charge is 2.33. The van der Waals surface area contributed by atoms with Crippen LogP contribution in [0.25, 0.3) is 0 Å². The van der Waals surface area contributed by atoms with E-state index < -0.39 is 0 Å². The molecule has 206 valence electrons. The molecule has 0 saturated heterocycles. The van der Waals surface area contributed by atoms with Gasteiger partial charge in [0.2, 0.25) is 0 Å². The second-order valence-electron chi connectivity index (χ2n) is 10.8. The SMILES string of the molecule is C[C@H]1CN([C@@H](C)CO)C(=O)c2cc(NC(=O)NC3CCCCC3)ccc2O[C@@H]1CN(C)Cc1ccncc1. The van der Waals surface area contributed by atoms with Gasteiger partial charge in [0.15, 0.2) is 0 Å². The summed E-state index contributed by atoms with van der Waals surface area (Å²) in [5.41, 5.74) is 2.08. The number of carbonyl (C=O) groups excluding carboxylic acids is 2. The number of nitrogens with zero attached hydrogens (tertiary/aromatic N) is 3. The van der Waals surface area contributed by atoms with Gasteiger partial charge in [-0.15, -0.1) is 0 Å². The molecule has 3 N–H and O–H groups in total. The van der Waals surface area contributed by atoms with Crippen LogP contribution >= 0.6 is 0 Å². The fraction of sp³-hybridized carbons (Fsp3) is 0.552. The lowest BCUT2D eigenvalue weighted by Gasteiger charge is -2.38. The van der Waals surface area contributed by atoms with Crippen LogP contribution in [0.1, 0.15) is 61.9 Å². The van der Waals surface area contributed by atoms with Gasteiger partial charge in [-0.2, -0.15) is 0 Å². The number of hydrogen-bond donors (Lipinski definition) is 3. The maximum Gasteiger partial charge on any atom is 0.319 e. The molecule has 1 aromatic heterocycles. The van der Waals surface area contributed by atoms with Crippen molar-refractivity contribution in [2.24, 2.45) is 5.92 Å². The van der Waals surface area contributed by atoms with Crippen LogP contribution in [-0.4, -0.2) is 76.8 Å². The van der Waals surface area contributed by atoms with Gasteiger partial charge < -0.3 is 25.4 Å². The molecule has 2 heterocycles. The van der Waals surface area contributed by atoms with Gasteiger partial charge >= 0.3 is 6.03 Å². The summed E-state index contributed by atoms with van der Waals surface area (Å²) in [5, 5.41) is 15.8. The van der Waals surface area contributed by atoms with E-state index in [9.17, 15) is 14.7 Å². The monoisotopic (exact) mass is 523 g/mol. The number of aliphatic hydroxyl groups excluding tert-OH is 1. The zero-order valence-corrected chi connectivity index (χ0v) is 22.7. The Kier molecular flexibility index (Phi) is 9.58. The molecule has 0 spiro atoms. The number of amides is 3. The van der Waals surface area contributed by atoms with Gasteiger partial charge in [-0.05, 0) is 62.7 Å². The van der Waals surface area contributed by atoms with E-state index in [4.69, 9.17) is 4.74 Å². The Balaban J connectivity index is 1.53. The summed E-state index contributed by atoms with van der Waals surface area (Å²) in [4.78, 5) is 34.3. The Morgan fingerprint density at radius 3 is 2.66 bits per heavy atom. The minimum atomic E-state index is -0.350. The first-order chi connectivity index (χ1) is 18.3. The maximum atomic E-state index is 13.7. The number of anilines is 1. The van der Waals surface area contributed by atoms with Gasteiger partial charge in [0.25, 0.3) is 5.91 Å². The van der Waals surface area contributed by atoms with Gasteiger partial charge in [-0.3, -0.25) is 14.7 Å². The third kappa shape index (κ3) is 7.23. The molecular formula is C29H41N5O4. The summed E-state index contributed by atoms with van der Waals surface area (Å²) in [7, 11) is 2.05. The highest BCUT2D eigenvalue weighted by atomic mass is 16.5. The molecule has 1 aromatic carbocycles. The number of aliphatic hydroxyl groups is 1. The Hall–Kier alpha value is -3.17. The molecule has 38 heavy (non-hydrogen) atoms. The zero-order chi connectivity index (χ0) is 27.1. The molecule has 4 rings (SSSR count). The van der Waals surface area contributed by atoms with Crippen molar-refractivity contribution < 1.29 is 19.4 Å². The minimum Gasteiger partial charge on any atom is -0.488 e. The molecule has 3 atom stereocenters. The van der Waals surface area contributed by atoms with E-state index in [-0.39, 0.29) is 42.7 Å². The van der Waals surface area contributed by atoms with E-state index in [2.05, 4.69) is 27.4 Å². The highest BCUT2D eigenvalue weighted by molar-refractivity contribution is 5.99. The normalized spacial score (nSPS) is 21.2. The molecular weight excluding hydrogens is 482 g/mol. The third-order valence-electron chi connectivity index (χ3n) is 7.56. The standard InChI is InChI=1S/C29H41N5O4/c1-20-16-34(21(2)19-35)28(36)25-15-24(32-29(37)31-23-7-5-4-6-8-23)9-10-26(25)38-27(20)18-33(3)17-22-11-13-30-14-12-22/h9-15,20-21,23,27,35H,4-8,16-19H2,1-3H3,(H2,31,32,37)/t20-,21-,27+/m0/s1.